The maximum Gasteiger partial charge on any atom is 0.269 e. The molecule has 5 N–H and O–H groups in total. The van der Waals surface area contributed by atoms with Gasteiger partial charge in [0, 0.05) is 27.3 Å². The summed E-state index contributed by atoms with van der Waals surface area (Å²) in [5.41, 5.74) is 14.0. The SMILES string of the molecule is Nc1c(NNC(=O)c2ccc(Br)cc2)ncnc1Nc1cccc2ncccc12. The Balaban J connectivity index is 1.53. The summed E-state index contributed by atoms with van der Waals surface area (Å²) in [5, 5.41) is 4.14. The second-order valence-electron chi connectivity index (χ2n) is 6.07. The van der Waals surface area contributed by atoms with E-state index in [9.17, 15) is 4.79 Å². The summed E-state index contributed by atoms with van der Waals surface area (Å²) >= 11 is 3.34. The maximum atomic E-state index is 12.3. The third-order valence-electron chi connectivity index (χ3n) is 4.18. The average Bonchev–Trinajstić information content (AvgIpc) is 2.75. The fraction of sp³-hybridized carbons (Fsp3) is 0. The molecule has 0 atom stereocenters. The van der Waals surface area contributed by atoms with Gasteiger partial charge >= 0.3 is 0 Å². The Bertz CT molecular complexity index is 1180. The summed E-state index contributed by atoms with van der Waals surface area (Å²) in [6, 6.07) is 16.5. The number of halogens is 1. The van der Waals surface area contributed by atoms with E-state index in [1.54, 1.807) is 30.5 Å². The number of fused-ring (bicyclic) bond motifs is 1. The van der Waals surface area contributed by atoms with Crippen LogP contribution in [-0.2, 0) is 0 Å². The van der Waals surface area contributed by atoms with E-state index in [1.165, 1.54) is 6.33 Å². The lowest BCUT2D eigenvalue weighted by Gasteiger charge is -2.14. The first-order valence-corrected chi connectivity index (χ1v) is 9.44. The smallest absolute Gasteiger partial charge is 0.269 e. The zero-order valence-electron chi connectivity index (χ0n) is 15.1. The van der Waals surface area contributed by atoms with Gasteiger partial charge in [0.05, 0.1) is 5.52 Å². The van der Waals surface area contributed by atoms with Crippen LogP contribution in [-0.4, -0.2) is 20.9 Å². The fourth-order valence-electron chi connectivity index (χ4n) is 2.72. The molecule has 2 aromatic carbocycles. The van der Waals surface area contributed by atoms with Crippen molar-refractivity contribution in [3.63, 3.8) is 0 Å². The number of hydrogen-bond donors (Lipinski definition) is 4. The highest BCUT2D eigenvalue weighted by Crippen LogP contribution is 2.29. The second-order valence-corrected chi connectivity index (χ2v) is 6.99. The minimum Gasteiger partial charge on any atom is -0.393 e. The van der Waals surface area contributed by atoms with Crippen LogP contribution in [0.15, 0.2) is 71.6 Å². The van der Waals surface area contributed by atoms with Crippen molar-refractivity contribution >= 4 is 55.8 Å². The number of carbonyl (C=O) groups excluding carboxylic acids is 1. The first-order valence-electron chi connectivity index (χ1n) is 8.65. The highest BCUT2D eigenvalue weighted by atomic mass is 79.9. The number of hydrazine groups is 1. The van der Waals surface area contributed by atoms with Gasteiger partial charge in [0.25, 0.3) is 5.91 Å². The van der Waals surface area contributed by atoms with Crippen molar-refractivity contribution in [3.05, 3.63) is 77.2 Å². The molecule has 29 heavy (non-hydrogen) atoms. The van der Waals surface area contributed by atoms with Gasteiger partial charge in [-0.25, -0.2) is 9.97 Å². The molecular formula is C20H16BrN7O. The van der Waals surface area contributed by atoms with Gasteiger partial charge < -0.3 is 11.1 Å². The highest BCUT2D eigenvalue weighted by molar-refractivity contribution is 9.10. The number of nitrogens with one attached hydrogen (secondary N) is 3. The van der Waals surface area contributed by atoms with Crippen molar-refractivity contribution in [2.45, 2.75) is 0 Å². The normalized spacial score (nSPS) is 10.5. The van der Waals surface area contributed by atoms with E-state index in [-0.39, 0.29) is 17.4 Å². The molecule has 0 aliphatic rings. The Morgan fingerprint density at radius 3 is 2.55 bits per heavy atom. The van der Waals surface area contributed by atoms with E-state index >= 15 is 0 Å². The molecule has 1 amide bonds. The van der Waals surface area contributed by atoms with Crippen molar-refractivity contribution in [2.75, 3.05) is 16.5 Å². The molecule has 0 saturated carbocycles. The number of amides is 1. The zero-order valence-corrected chi connectivity index (χ0v) is 16.6. The maximum absolute atomic E-state index is 12.3. The third kappa shape index (κ3) is 4.09. The molecule has 2 aromatic heterocycles. The molecule has 144 valence electrons. The number of nitrogen functional groups attached to an aromatic ring is 1. The molecular weight excluding hydrogens is 434 g/mol. The summed E-state index contributed by atoms with van der Waals surface area (Å²) in [6.45, 7) is 0. The van der Waals surface area contributed by atoms with Crippen LogP contribution in [0.1, 0.15) is 10.4 Å². The first kappa shape index (κ1) is 18.6. The van der Waals surface area contributed by atoms with E-state index < -0.39 is 0 Å². The zero-order chi connectivity index (χ0) is 20.2. The topological polar surface area (TPSA) is 118 Å². The molecule has 0 bridgehead atoms. The van der Waals surface area contributed by atoms with Crippen LogP contribution >= 0.6 is 15.9 Å². The standard InChI is InChI=1S/C20H16BrN7O/c21-13-8-6-12(7-9-13)20(29)28-27-19-17(22)18(24-11-25-19)26-16-5-1-4-15-14(16)3-2-10-23-15/h1-11H,22H2,(H,28,29)(H2,24,25,26,27). The van der Waals surface area contributed by atoms with Crippen molar-refractivity contribution in [2.24, 2.45) is 0 Å². The predicted octanol–water partition coefficient (Wildman–Crippen LogP) is 3.87. The van der Waals surface area contributed by atoms with Crippen LogP contribution in [0.25, 0.3) is 10.9 Å². The Labute approximate surface area is 174 Å². The molecule has 0 aliphatic carbocycles. The van der Waals surface area contributed by atoms with Gasteiger partial charge in [-0.05, 0) is 48.5 Å². The fourth-order valence-corrected chi connectivity index (χ4v) is 2.99. The highest BCUT2D eigenvalue weighted by Gasteiger charge is 2.11. The van der Waals surface area contributed by atoms with Crippen molar-refractivity contribution in [1.29, 1.82) is 0 Å². The van der Waals surface area contributed by atoms with Crippen LogP contribution in [0, 0.1) is 0 Å². The molecule has 0 fully saturated rings. The largest absolute Gasteiger partial charge is 0.393 e. The summed E-state index contributed by atoms with van der Waals surface area (Å²) in [5.74, 6) is 0.383. The van der Waals surface area contributed by atoms with Gasteiger partial charge in [0.1, 0.15) is 12.0 Å². The molecule has 0 radical (unpaired) electrons. The Kier molecular flexibility index (Phi) is 5.21. The molecule has 0 saturated heterocycles. The minimum absolute atomic E-state index is 0.268. The summed E-state index contributed by atoms with van der Waals surface area (Å²) < 4.78 is 0.890. The second kappa shape index (κ2) is 8.11. The molecule has 0 spiro atoms. The number of rotatable bonds is 5. The third-order valence-corrected chi connectivity index (χ3v) is 4.71. The number of nitrogens with zero attached hydrogens (tertiary/aromatic N) is 3. The van der Waals surface area contributed by atoms with Gasteiger partial charge in [0.15, 0.2) is 11.6 Å². The Morgan fingerprint density at radius 2 is 1.72 bits per heavy atom. The van der Waals surface area contributed by atoms with E-state index in [2.05, 4.69) is 47.1 Å². The Morgan fingerprint density at radius 1 is 0.931 bits per heavy atom. The quantitative estimate of drug-likeness (QED) is 0.341. The van der Waals surface area contributed by atoms with E-state index in [0.717, 1.165) is 21.1 Å². The monoisotopic (exact) mass is 449 g/mol. The minimum atomic E-state index is -0.315. The lowest BCUT2D eigenvalue weighted by molar-refractivity contribution is 0.0962. The molecule has 2 heterocycles. The van der Waals surface area contributed by atoms with Crippen LogP contribution in [0.4, 0.5) is 23.0 Å². The van der Waals surface area contributed by atoms with Crippen molar-refractivity contribution in [3.8, 4) is 0 Å². The van der Waals surface area contributed by atoms with E-state index in [4.69, 9.17) is 5.73 Å². The lowest BCUT2D eigenvalue weighted by atomic mass is 10.2. The number of aromatic nitrogens is 3. The molecule has 4 rings (SSSR count). The molecule has 4 aromatic rings. The van der Waals surface area contributed by atoms with Gasteiger partial charge in [-0.2, -0.15) is 0 Å². The number of hydrogen-bond acceptors (Lipinski definition) is 7. The molecule has 8 nitrogen and oxygen atoms in total. The average molecular weight is 450 g/mol. The van der Waals surface area contributed by atoms with Crippen molar-refractivity contribution < 1.29 is 4.79 Å². The predicted molar refractivity (Wildman–Crippen MR) is 117 cm³/mol. The molecule has 9 heteroatoms. The number of nitrogens with two attached hydrogens (primary N) is 1. The van der Waals surface area contributed by atoms with Crippen LogP contribution in [0.3, 0.4) is 0 Å². The number of pyridine rings is 1. The van der Waals surface area contributed by atoms with E-state index in [1.807, 2.05) is 30.3 Å². The van der Waals surface area contributed by atoms with Crippen LogP contribution in [0.5, 0.6) is 0 Å². The summed E-state index contributed by atoms with van der Waals surface area (Å²) in [4.78, 5) is 24.9. The van der Waals surface area contributed by atoms with Gasteiger partial charge in [0.2, 0.25) is 0 Å². The van der Waals surface area contributed by atoms with Gasteiger partial charge in [-0.15, -0.1) is 0 Å². The lowest BCUT2D eigenvalue weighted by Crippen LogP contribution is -2.30. The number of anilines is 4. The molecule has 0 aliphatic heterocycles. The first-order chi connectivity index (χ1) is 14.1. The molecule has 0 unspecified atom stereocenters. The van der Waals surface area contributed by atoms with Gasteiger partial charge in [-0.1, -0.05) is 22.0 Å². The van der Waals surface area contributed by atoms with E-state index in [0.29, 0.717) is 11.4 Å². The summed E-state index contributed by atoms with van der Waals surface area (Å²) in [6.07, 6.45) is 3.09. The Hall–Kier alpha value is -3.72. The van der Waals surface area contributed by atoms with Gasteiger partial charge in [-0.3, -0.25) is 20.6 Å². The van der Waals surface area contributed by atoms with Crippen molar-refractivity contribution in [1.82, 2.24) is 20.4 Å². The van der Waals surface area contributed by atoms with Crippen LogP contribution in [0.2, 0.25) is 0 Å². The summed E-state index contributed by atoms with van der Waals surface area (Å²) in [7, 11) is 0. The number of benzene rings is 2. The number of carbonyl (C=O) groups is 1. The van der Waals surface area contributed by atoms with Crippen LogP contribution < -0.4 is 21.9 Å².